The summed E-state index contributed by atoms with van der Waals surface area (Å²) in [6, 6.07) is 7.88. The molecule has 1 aromatic carbocycles. The van der Waals surface area contributed by atoms with E-state index >= 15 is 0 Å². The van der Waals surface area contributed by atoms with E-state index in [0.29, 0.717) is 5.56 Å². The van der Waals surface area contributed by atoms with Crippen molar-refractivity contribution in [3.05, 3.63) is 28.2 Å². The van der Waals surface area contributed by atoms with Gasteiger partial charge in [-0.2, -0.15) is 5.26 Å². The number of rotatable bonds is 4. The third-order valence-electron chi connectivity index (χ3n) is 2.28. The van der Waals surface area contributed by atoms with Crippen LogP contribution in [0.3, 0.4) is 0 Å². The largest absolute Gasteiger partial charge is 0.192 e. The quantitative estimate of drug-likeness (QED) is 0.762. The van der Waals surface area contributed by atoms with Gasteiger partial charge < -0.3 is 0 Å². The minimum absolute atomic E-state index is 0.703. The second kappa shape index (κ2) is 6.19. The van der Waals surface area contributed by atoms with Crippen LogP contribution < -0.4 is 0 Å². The van der Waals surface area contributed by atoms with Gasteiger partial charge >= 0.3 is 0 Å². The van der Waals surface area contributed by atoms with Gasteiger partial charge in [-0.3, -0.25) is 0 Å². The van der Waals surface area contributed by atoms with Crippen LogP contribution in [0.1, 0.15) is 25.8 Å². The van der Waals surface area contributed by atoms with Crippen LogP contribution in [0.5, 0.6) is 0 Å². The fraction of sp³-hybridized carbons (Fsp3) is 0.417. The molecule has 0 saturated heterocycles. The Hall–Kier alpha value is -0.460. The fourth-order valence-electron chi connectivity index (χ4n) is 1.04. The lowest BCUT2D eigenvalue weighted by molar-refractivity contribution is 0.637. The molecule has 0 aliphatic heterocycles. The molecule has 0 N–H and O–H groups in total. The molecule has 0 aliphatic rings. The van der Waals surface area contributed by atoms with E-state index in [1.54, 1.807) is 0 Å². The Bertz CT molecular complexity index is 370. The third-order valence-corrected chi connectivity index (χ3v) is 4.60. The molecule has 15 heavy (non-hydrogen) atoms. The van der Waals surface area contributed by atoms with E-state index in [1.165, 1.54) is 11.3 Å². The van der Waals surface area contributed by atoms with Gasteiger partial charge in [0, 0.05) is 15.1 Å². The van der Waals surface area contributed by atoms with Gasteiger partial charge in [0.2, 0.25) is 0 Å². The van der Waals surface area contributed by atoms with Crippen LogP contribution in [0.25, 0.3) is 0 Å². The molecule has 0 aromatic heterocycles. The van der Waals surface area contributed by atoms with Crippen molar-refractivity contribution < 1.29 is 0 Å². The number of nitriles is 1. The first kappa shape index (κ1) is 12.6. The van der Waals surface area contributed by atoms with Gasteiger partial charge in [-0.05, 0) is 40.0 Å². The van der Waals surface area contributed by atoms with E-state index in [-0.39, 0.29) is 0 Å². The molecule has 0 spiro atoms. The lowest BCUT2D eigenvalue weighted by Crippen LogP contribution is -1.95. The van der Waals surface area contributed by atoms with Gasteiger partial charge in [0.05, 0.1) is 11.6 Å². The minimum Gasteiger partial charge on any atom is -0.192 e. The zero-order valence-corrected chi connectivity index (χ0v) is 11.4. The highest BCUT2D eigenvalue weighted by molar-refractivity contribution is 9.10. The number of nitrogens with zero attached hydrogens (tertiary/aromatic N) is 1. The van der Waals surface area contributed by atoms with Crippen molar-refractivity contribution in [2.45, 2.75) is 25.2 Å². The lowest BCUT2D eigenvalue weighted by atomic mass is 10.2. The first-order valence-electron chi connectivity index (χ1n) is 4.99. The summed E-state index contributed by atoms with van der Waals surface area (Å²) < 4.78 is 1.02. The average Bonchev–Trinajstić information content (AvgIpc) is 2.26. The maximum atomic E-state index is 8.73. The van der Waals surface area contributed by atoms with Crippen molar-refractivity contribution in [3.63, 3.8) is 0 Å². The van der Waals surface area contributed by atoms with Gasteiger partial charge in [-0.1, -0.05) is 20.3 Å². The molecule has 3 heteroatoms. The van der Waals surface area contributed by atoms with Crippen LogP contribution in [-0.2, 0) is 0 Å². The molecule has 80 valence electrons. The van der Waals surface area contributed by atoms with Crippen LogP contribution in [0.15, 0.2) is 27.6 Å². The van der Waals surface area contributed by atoms with E-state index in [9.17, 15) is 0 Å². The maximum absolute atomic E-state index is 8.73. The topological polar surface area (TPSA) is 23.8 Å². The summed E-state index contributed by atoms with van der Waals surface area (Å²) in [5.74, 6) is 1.86. The van der Waals surface area contributed by atoms with Crippen LogP contribution in [-0.4, -0.2) is 5.75 Å². The summed E-state index contributed by atoms with van der Waals surface area (Å²) in [6.07, 6.45) is 1.21. The summed E-state index contributed by atoms with van der Waals surface area (Å²) >= 11 is 5.33. The Balaban J connectivity index is 2.67. The summed E-state index contributed by atoms with van der Waals surface area (Å²) in [5.41, 5.74) is 0.703. The van der Waals surface area contributed by atoms with Gasteiger partial charge in [-0.15, -0.1) is 11.8 Å². The predicted molar refractivity (Wildman–Crippen MR) is 69.0 cm³/mol. The number of hydrogen-bond donors (Lipinski definition) is 0. The van der Waals surface area contributed by atoms with Gasteiger partial charge in [0.25, 0.3) is 0 Å². The predicted octanol–water partition coefficient (Wildman–Crippen LogP) is 4.46. The van der Waals surface area contributed by atoms with Crippen molar-refractivity contribution in [3.8, 4) is 6.07 Å². The number of benzene rings is 1. The Morgan fingerprint density at radius 1 is 1.53 bits per heavy atom. The van der Waals surface area contributed by atoms with Crippen LogP contribution in [0.4, 0.5) is 0 Å². The molecule has 0 aliphatic carbocycles. The number of hydrogen-bond acceptors (Lipinski definition) is 2. The zero-order chi connectivity index (χ0) is 11.3. The molecular weight excluding hydrogens is 270 g/mol. The molecule has 0 fully saturated rings. The fourth-order valence-corrected chi connectivity index (χ4v) is 2.82. The molecule has 1 unspecified atom stereocenters. The second-order valence-corrected chi connectivity index (χ2v) is 5.50. The Morgan fingerprint density at radius 3 is 2.80 bits per heavy atom. The van der Waals surface area contributed by atoms with E-state index in [0.717, 1.165) is 16.1 Å². The van der Waals surface area contributed by atoms with Crippen molar-refractivity contribution in [1.29, 1.82) is 5.26 Å². The highest BCUT2D eigenvalue weighted by Crippen LogP contribution is 2.30. The molecule has 0 bridgehead atoms. The first-order chi connectivity index (χ1) is 7.17. The number of thioether (sulfide) groups is 1. The van der Waals surface area contributed by atoms with E-state index in [2.05, 4.69) is 35.8 Å². The average molecular weight is 284 g/mol. The normalized spacial score (nSPS) is 12.1. The molecule has 0 amide bonds. The molecule has 0 heterocycles. The SMILES string of the molecule is CCC(C)CSc1ccc(C#N)cc1Br. The lowest BCUT2D eigenvalue weighted by Gasteiger charge is -2.09. The van der Waals surface area contributed by atoms with Gasteiger partial charge in [-0.25, -0.2) is 0 Å². The Kier molecular flexibility index (Phi) is 5.21. The molecule has 1 atom stereocenters. The zero-order valence-electron chi connectivity index (χ0n) is 8.96. The summed E-state index contributed by atoms with van der Waals surface area (Å²) in [5, 5.41) is 8.73. The highest BCUT2D eigenvalue weighted by Gasteiger charge is 2.04. The van der Waals surface area contributed by atoms with E-state index in [1.807, 2.05) is 30.0 Å². The summed E-state index contributed by atoms with van der Waals surface area (Å²) in [6.45, 7) is 4.46. The summed E-state index contributed by atoms with van der Waals surface area (Å²) in [4.78, 5) is 1.22. The smallest absolute Gasteiger partial charge is 0.0992 e. The third kappa shape index (κ3) is 3.89. The van der Waals surface area contributed by atoms with Crippen molar-refractivity contribution in [1.82, 2.24) is 0 Å². The Morgan fingerprint density at radius 2 is 2.27 bits per heavy atom. The monoisotopic (exact) mass is 283 g/mol. The highest BCUT2D eigenvalue weighted by atomic mass is 79.9. The molecule has 1 nitrogen and oxygen atoms in total. The molecule has 0 saturated carbocycles. The van der Waals surface area contributed by atoms with Crippen LogP contribution >= 0.6 is 27.7 Å². The van der Waals surface area contributed by atoms with Crippen molar-refractivity contribution >= 4 is 27.7 Å². The first-order valence-corrected chi connectivity index (χ1v) is 6.77. The van der Waals surface area contributed by atoms with E-state index in [4.69, 9.17) is 5.26 Å². The van der Waals surface area contributed by atoms with Crippen LogP contribution in [0, 0.1) is 17.2 Å². The second-order valence-electron chi connectivity index (χ2n) is 3.58. The molecule has 1 rings (SSSR count). The van der Waals surface area contributed by atoms with Gasteiger partial charge in [0.1, 0.15) is 0 Å². The minimum atomic E-state index is 0.703. The van der Waals surface area contributed by atoms with E-state index < -0.39 is 0 Å². The van der Waals surface area contributed by atoms with Crippen molar-refractivity contribution in [2.24, 2.45) is 5.92 Å². The standard InChI is InChI=1S/C12H14BrNS/c1-3-9(2)8-15-12-5-4-10(7-14)6-11(12)13/h4-6,9H,3,8H2,1-2H3. The molecule has 1 aromatic rings. The van der Waals surface area contributed by atoms with Crippen LogP contribution in [0.2, 0.25) is 0 Å². The summed E-state index contributed by atoms with van der Waals surface area (Å²) in [7, 11) is 0. The number of halogens is 1. The Labute approximate surface area is 104 Å². The molecule has 0 radical (unpaired) electrons. The van der Waals surface area contributed by atoms with Crippen molar-refractivity contribution in [2.75, 3.05) is 5.75 Å². The van der Waals surface area contributed by atoms with Gasteiger partial charge in [0.15, 0.2) is 0 Å². The molecular formula is C12H14BrNS. The maximum Gasteiger partial charge on any atom is 0.0992 e.